The van der Waals surface area contributed by atoms with Crippen LogP contribution < -0.4 is 0 Å². The molecule has 0 aromatic carbocycles. The number of hydrogen-bond donors (Lipinski definition) is 0. The molecule has 0 N–H and O–H groups in total. The van der Waals surface area contributed by atoms with Crippen molar-refractivity contribution in [2.24, 2.45) is 0 Å². The van der Waals surface area contributed by atoms with Gasteiger partial charge in [0.2, 0.25) is 5.67 Å². The van der Waals surface area contributed by atoms with Gasteiger partial charge in [0.05, 0.1) is 12.8 Å². The quantitative estimate of drug-likeness (QED) is 0.460. The minimum atomic E-state index is -2.19. The minimum Gasteiger partial charge on any atom is -0.466 e. The molecule has 0 fully saturated rings. The number of nitrogens with zero attached hydrogens (tertiary/aromatic N) is 2. The molecule has 1 aromatic heterocycles. The van der Waals surface area contributed by atoms with Crippen LogP contribution in [0.2, 0.25) is 0 Å². The third-order valence-electron chi connectivity index (χ3n) is 2.22. The van der Waals surface area contributed by atoms with Crippen LogP contribution in [-0.4, -0.2) is 29.3 Å². The minimum absolute atomic E-state index is 0.0233. The number of carbonyl (C=O) groups is 1. The van der Waals surface area contributed by atoms with Crippen molar-refractivity contribution in [2.75, 3.05) is 13.4 Å². The molecule has 1 rings (SSSR count). The second kappa shape index (κ2) is 5.25. The third-order valence-corrected chi connectivity index (χ3v) is 2.78. The Morgan fingerprint density at radius 1 is 1.69 bits per heavy atom. The molecule has 0 bridgehead atoms. The van der Waals surface area contributed by atoms with E-state index in [-0.39, 0.29) is 12.1 Å². The average Bonchev–Trinajstić information content (AvgIpc) is 2.36. The first kappa shape index (κ1) is 12.9. The highest BCUT2D eigenvalue weighted by Gasteiger charge is 2.41. The summed E-state index contributed by atoms with van der Waals surface area (Å²) in [5.74, 6) is -0.930. The fourth-order valence-electron chi connectivity index (χ4n) is 1.25. The molecule has 6 heteroatoms. The zero-order valence-corrected chi connectivity index (χ0v) is 10.2. The van der Waals surface area contributed by atoms with Crippen LogP contribution in [0.25, 0.3) is 0 Å². The fraction of sp³-hybridized carbons (Fsp3) is 0.500. The molecule has 0 aliphatic rings. The van der Waals surface area contributed by atoms with Crippen molar-refractivity contribution < 1.29 is 13.9 Å². The summed E-state index contributed by atoms with van der Waals surface area (Å²) in [6.07, 6.45) is 3.19. The van der Waals surface area contributed by atoms with Crippen LogP contribution in [0.1, 0.15) is 19.0 Å². The Bertz CT molecular complexity index is 389. The zero-order chi connectivity index (χ0) is 12.2. The Kier molecular flexibility index (Phi) is 4.23. The van der Waals surface area contributed by atoms with E-state index in [1.54, 1.807) is 13.2 Å². The first-order valence-electron chi connectivity index (χ1n) is 4.73. The number of methoxy groups -OCH3 is 1. The summed E-state index contributed by atoms with van der Waals surface area (Å²) in [6, 6.07) is 1.39. The summed E-state index contributed by atoms with van der Waals surface area (Å²) >= 11 is 1.29. The van der Waals surface area contributed by atoms with Gasteiger partial charge in [-0.15, -0.1) is 0 Å². The van der Waals surface area contributed by atoms with Crippen molar-refractivity contribution in [3.05, 3.63) is 18.0 Å². The summed E-state index contributed by atoms with van der Waals surface area (Å²) in [5.41, 5.74) is -2.15. The molecule has 0 aliphatic heterocycles. The van der Waals surface area contributed by atoms with Crippen molar-refractivity contribution in [3.8, 4) is 0 Å². The van der Waals surface area contributed by atoms with Gasteiger partial charge in [0.25, 0.3) is 0 Å². The number of carbonyl (C=O) groups excluding carboxylic acids is 1. The number of thioether (sulfide) groups is 1. The Balaban J connectivity index is 3.16. The van der Waals surface area contributed by atoms with Crippen LogP contribution in [0.3, 0.4) is 0 Å². The summed E-state index contributed by atoms with van der Waals surface area (Å²) in [6.45, 7) is 1.57. The molecule has 0 amide bonds. The van der Waals surface area contributed by atoms with Crippen LogP contribution >= 0.6 is 11.8 Å². The van der Waals surface area contributed by atoms with E-state index in [0.717, 1.165) is 7.11 Å². The van der Waals surface area contributed by atoms with Crippen molar-refractivity contribution in [1.29, 1.82) is 0 Å². The van der Waals surface area contributed by atoms with Gasteiger partial charge in [0.15, 0.2) is 5.16 Å². The van der Waals surface area contributed by atoms with Crippen LogP contribution in [0.15, 0.2) is 17.4 Å². The first-order chi connectivity index (χ1) is 7.58. The highest BCUT2D eigenvalue weighted by Crippen LogP contribution is 2.30. The van der Waals surface area contributed by atoms with E-state index in [1.165, 1.54) is 24.0 Å². The second-order valence-electron chi connectivity index (χ2n) is 3.07. The molecule has 1 atom stereocenters. The number of rotatable bonds is 4. The van der Waals surface area contributed by atoms with Gasteiger partial charge in [0, 0.05) is 6.20 Å². The molecule has 1 aromatic rings. The third kappa shape index (κ3) is 2.32. The maximum absolute atomic E-state index is 14.4. The molecule has 1 heterocycles. The number of ether oxygens (including phenoxy) is 1. The van der Waals surface area contributed by atoms with E-state index >= 15 is 0 Å². The van der Waals surface area contributed by atoms with Crippen LogP contribution in [0, 0.1) is 0 Å². The highest BCUT2D eigenvalue weighted by molar-refractivity contribution is 7.98. The molecule has 88 valence electrons. The van der Waals surface area contributed by atoms with Gasteiger partial charge in [0.1, 0.15) is 0 Å². The fourth-order valence-corrected chi connectivity index (χ4v) is 1.61. The van der Waals surface area contributed by atoms with Gasteiger partial charge in [-0.1, -0.05) is 18.7 Å². The van der Waals surface area contributed by atoms with E-state index < -0.39 is 11.6 Å². The van der Waals surface area contributed by atoms with E-state index in [0.29, 0.717) is 5.16 Å². The van der Waals surface area contributed by atoms with E-state index in [9.17, 15) is 9.18 Å². The Labute approximate surface area is 97.6 Å². The summed E-state index contributed by atoms with van der Waals surface area (Å²) < 4.78 is 18.8. The van der Waals surface area contributed by atoms with E-state index in [4.69, 9.17) is 0 Å². The maximum Gasteiger partial charge on any atom is 0.349 e. The van der Waals surface area contributed by atoms with Gasteiger partial charge in [-0.05, 0) is 18.7 Å². The Morgan fingerprint density at radius 3 is 2.88 bits per heavy atom. The highest BCUT2D eigenvalue weighted by atomic mass is 32.2. The lowest BCUT2D eigenvalue weighted by atomic mass is 9.99. The molecule has 0 saturated carbocycles. The summed E-state index contributed by atoms with van der Waals surface area (Å²) in [5, 5.41) is 0.428. The zero-order valence-electron chi connectivity index (χ0n) is 9.36. The topological polar surface area (TPSA) is 52.1 Å². The average molecular weight is 244 g/mol. The van der Waals surface area contributed by atoms with Crippen molar-refractivity contribution in [3.63, 3.8) is 0 Å². The van der Waals surface area contributed by atoms with Crippen LogP contribution in [0.4, 0.5) is 4.39 Å². The molecule has 1 unspecified atom stereocenters. The number of hydrogen-bond acceptors (Lipinski definition) is 5. The molecule has 0 spiro atoms. The molecular formula is C10H13FN2O2S. The van der Waals surface area contributed by atoms with Crippen molar-refractivity contribution in [1.82, 2.24) is 9.97 Å². The Morgan fingerprint density at radius 2 is 2.38 bits per heavy atom. The monoisotopic (exact) mass is 244 g/mol. The predicted octanol–water partition coefficient (Wildman–Crippen LogP) is 1.95. The second-order valence-corrected chi connectivity index (χ2v) is 3.85. The number of aromatic nitrogens is 2. The van der Waals surface area contributed by atoms with Gasteiger partial charge in [-0.2, -0.15) is 0 Å². The summed E-state index contributed by atoms with van der Waals surface area (Å²) in [4.78, 5) is 19.3. The molecular weight excluding hydrogens is 231 g/mol. The van der Waals surface area contributed by atoms with E-state index in [2.05, 4.69) is 14.7 Å². The van der Waals surface area contributed by atoms with Gasteiger partial charge in [-0.25, -0.2) is 19.2 Å². The van der Waals surface area contributed by atoms with Crippen LogP contribution in [-0.2, 0) is 15.2 Å². The largest absolute Gasteiger partial charge is 0.466 e. The lowest BCUT2D eigenvalue weighted by molar-refractivity contribution is -0.156. The van der Waals surface area contributed by atoms with Crippen molar-refractivity contribution >= 4 is 17.7 Å². The lowest BCUT2D eigenvalue weighted by Crippen LogP contribution is -2.32. The molecule has 0 aliphatic carbocycles. The number of halogens is 1. The van der Waals surface area contributed by atoms with E-state index in [1.807, 2.05) is 0 Å². The number of alkyl halides is 1. The SMILES string of the molecule is CCC(F)(C(=O)OC)c1ccnc(SC)n1. The van der Waals surface area contributed by atoms with Gasteiger partial charge in [-0.3, -0.25) is 0 Å². The summed E-state index contributed by atoms with van der Waals surface area (Å²) in [7, 11) is 1.16. The van der Waals surface area contributed by atoms with Gasteiger partial charge < -0.3 is 4.74 Å². The van der Waals surface area contributed by atoms with Gasteiger partial charge >= 0.3 is 5.97 Å². The predicted molar refractivity (Wildman–Crippen MR) is 58.9 cm³/mol. The lowest BCUT2D eigenvalue weighted by Gasteiger charge is -2.20. The Hall–Kier alpha value is -1.17. The molecule has 0 radical (unpaired) electrons. The first-order valence-corrected chi connectivity index (χ1v) is 5.95. The smallest absolute Gasteiger partial charge is 0.349 e. The molecule has 4 nitrogen and oxygen atoms in total. The maximum atomic E-state index is 14.4. The van der Waals surface area contributed by atoms with Crippen molar-refractivity contribution in [2.45, 2.75) is 24.2 Å². The standard InChI is InChI=1S/C10H13FN2O2S/c1-4-10(11,8(14)15-2)7-5-6-12-9(13-7)16-3/h5-6H,4H2,1-3H3. The molecule has 16 heavy (non-hydrogen) atoms. The number of esters is 1. The molecule has 0 saturated heterocycles. The van der Waals surface area contributed by atoms with Crippen LogP contribution in [0.5, 0.6) is 0 Å². The normalized spacial score (nSPS) is 14.2.